The molecule has 0 unspecified atom stereocenters. The van der Waals surface area contributed by atoms with Crippen LogP contribution in [0.15, 0.2) is 59.7 Å². The minimum Gasteiger partial charge on any atom is -0.404 e. The van der Waals surface area contributed by atoms with E-state index in [-0.39, 0.29) is 41.3 Å². The SMILES string of the molecule is C=C(N)c1cc(F)c(CNC(=O)/C(=C/N)C(COC)=NCc2ccc(C(C)(C)C#N)cc2)c(F)c1.CCC. The first-order chi connectivity index (χ1) is 17.9. The molecule has 0 atom stereocenters. The number of rotatable bonds is 10. The molecular formula is C29H37F2N5O2. The normalized spacial score (nSPS) is 11.7. The summed E-state index contributed by atoms with van der Waals surface area (Å²) in [5.41, 5.74) is 12.4. The highest BCUT2D eigenvalue weighted by Crippen LogP contribution is 2.22. The second-order valence-electron chi connectivity index (χ2n) is 9.04. The number of halogens is 2. The molecule has 0 aromatic heterocycles. The van der Waals surface area contributed by atoms with Gasteiger partial charge in [-0.1, -0.05) is 51.1 Å². The molecular weight excluding hydrogens is 488 g/mol. The molecule has 0 saturated carbocycles. The van der Waals surface area contributed by atoms with Crippen LogP contribution in [0.5, 0.6) is 0 Å². The molecule has 7 nitrogen and oxygen atoms in total. The van der Waals surface area contributed by atoms with Gasteiger partial charge >= 0.3 is 0 Å². The molecule has 2 aromatic carbocycles. The third-order valence-corrected chi connectivity index (χ3v) is 5.35. The first-order valence-electron chi connectivity index (χ1n) is 12.1. The van der Waals surface area contributed by atoms with E-state index in [0.717, 1.165) is 29.5 Å². The maximum atomic E-state index is 14.3. The average molecular weight is 526 g/mol. The number of hydrogen-bond donors (Lipinski definition) is 3. The summed E-state index contributed by atoms with van der Waals surface area (Å²) in [6.07, 6.45) is 2.32. The van der Waals surface area contributed by atoms with Crippen molar-refractivity contribution in [3.63, 3.8) is 0 Å². The minimum atomic E-state index is -0.862. The molecule has 0 aliphatic heterocycles. The van der Waals surface area contributed by atoms with Crippen molar-refractivity contribution in [2.45, 2.75) is 52.6 Å². The lowest BCUT2D eigenvalue weighted by Gasteiger charge is -2.16. The van der Waals surface area contributed by atoms with Crippen LogP contribution in [0.4, 0.5) is 8.78 Å². The highest BCUT2D eigenvalue weighted by atomic mass is 19.1. The lowest BCUT2D eigenvalue weighted by molar-refractivity contribution is -0.117. The maximum Gasteiger partial charge on any atom is 0.254 e. The zero-order valence-corrected chi connectivity index (χ0v) is 22.7. The summed E-state index contributed by atoms with van der Waals surface area (Å²) >= 11 is 0. The summed E-state index contributed by atoms with van der Waals surface area (Å²) in [5.74, 6) is -2.39. The monoisotopic (exact) mass is 525 g/mol. The summed E-state index contributed by atoms with van der Waals surface area (Å²) < 4.78 is 33.8. The van der Waals surface area contributed by atoms with Crippen LogP contribution in [0.25, 0.3) is 5.70 Å². The van der Waals surface area contributed by atoms with Crippen molar-refractivity contribution in [2.75, 3.05) is 13.7 Å². The number of nitrogens with zero attached hydrogens (tertiary/aromatic N) is 2. The third-order valence-electron chi connectivity index (χ3n) is 5.35. The van der Waals surface area contributed by atoms with Gasteiger partial charge < -0.3 is 21.5 Å². The molecule has 38 heavy (non-hydrogen) atoms. The summed E-state index contributed by atoms with van der Waals surface area (Å²) in [5, 5.41) is 11.7. The van der Waals surface area contributed by atoms with E-state index < -0.39 is 29.5 Å². The number of nitrogens with one attached hydrogen (secondary N) is 1. The molecule has 5 N–H and O–H groups in total. The highest BCUT2D eigenvalue weighted by Gasteiger charge is 2.20. The molecule has 9 heteroatoms. The molecule has 204 valence electrons. The minimum absolute atomic E-state index is 0.00791. The van der Waals surface area contributed by atoms with Gasteiger partial charge in [-0.05, 0) is 37.1 Å². The Morgan fingerprint density at radius 2 is 1.76 bits per heavy atom. The Hall–Kier alpha value is -4.03. The second-order valence-corrected chi connectivity index (χ2v) is 9.04. The first-order valence-corrected chi connectivity index (χ1v) is 12.1. The largest absolute Gasteiger partial charge is 0.404 e. The zero-order valence-electron chi connectivity index (χ0n) is 22.7. The lowest BCUT2D eigenvalue weighted by atomic mass is 9.86. The van der Waals surface area contributed by atoms with Gasteiger partial charge in [0.25, 0.3) is 5.91 Å². The van der Waals surface area contributed by atoms with Crippen molar-refractivity contribution in [1.29, 1.82) is 5.26 Å². The van der Waals surface area contributed by atoms with Crippen molar-refractivity contribution in [1.82, 2.24) is 5.32 Å². The van der Waals surface area contributed by atoms with Crippen molar-refractivity contribution in [3.8, 4) is 6.07 Å². The van der Waals surface area contributed by atoms with Crippen LogP contribution in [-0.4, -0.2) is 25.3 Å². The molecule has 0 bridgehead atoms. The highest BCUT2D eigenvalue weighted by molar-refractivity contribution is 6.22. The molecule has 0 radical (unpaired) electrons. The van der Waals surface area contributed by atoms with Crippen molar-refractivity contribution in [3.05, 3.63) is 88.6 Å². The van der Waals surface area contributed by atoms with Crippen molar-refractivity contribution in [2.24, 2.45) is 16.5 Å². The molecule has 0 fully saturated rings. The van der Waals surface area contributed by atoms with E-state index in [2.05, 4.69) is 36.8 Å². The molecule has 0 aliphatic carbocycles. The van der Waals surface area contributed by atoms with E-state index in [1.54, 1.807) is 0 Å². The number of nitrogens with two attached hydrogens (primary N) is 2. The Morgan fingerprint density at radius 1 is 1.21 bits per heavy atom. The first kappa shape index (κ1) is 32.0. The van der Waals surface area contributed by atoms with Crippen molar-refractivity contribution < 1.29 is 18.3 Å². The van der Waals surface area contributed by atoms with E-state index in [4.69, 9.17) is 16.2 Å². The summed E-state index contributed by atoms with van der Waals surface area (Å²) in [4.78, 5) is 17.2. The number of hydrogen-bond acceptors (Lipinski definition) is 6. The number of amides is 1. The van der Waals surface area contributed by atoms with Crippen LogP contribution >= 0.6 is 0 Å². The molecule has 2 rings (SSSR count). The van der Waals surface area contributed by atoms with Gasteiger partial charge in [0.15, 0.2) is 0 Å². The standard InChI is InChI=1S/C26H29F2N5O2.C3H8/c1-16(31)18-9-22(27)21(23(28)10-18)13-33-25(34)20(11-29)24(14-35-4)32-12-17-5-7-19(8-6-17)26(2,3)15-30;1-3-2/h5-11H,1,12-14,29,31H2,2-4H3,(H,33,34);3H2,1-2H3/b20-11+,32-24?;. The predicted octanol–water partition coefficient (Wildman–Crippen LogP) is 4.86. The van der Waals surface area contributed by atoms with Crippen LogP contribution in [0.3, 0.4) is 0 Å². The van der Waals surface area contributed by atoms with Crippen LogP contribution in [0, 0.1) is 23.0 Å². The number of methoxy groups -OCH3 is 1. The Kier molecular flexibility index (Phi) is 12.9. The quantitative estimate of drug-likeness (QED) is 0.302. The van der Waals surface area contributed by atoms with Gasteiger partial charge in [0.05, 0.1) is 35.9 Å². The van der Waals surface area contributed by atoms with Gasteiger partial charge in [-0.3, -0.25) is 9.79 Å². The fraction of sp³-hybridized carbons (Fsp3) is 0.345. The van der Waals surface area contributed by atoms with Gasteiger partial charge in [0.1, 0.15) is 11.6 Å². The number of carbonyl (C=O) groups is 1. The number of nitriles is 1. The van der Waals surface area contributed by atoms with Crippen LogP contribution in [0.2, 0.25) is 0 Å². The number of aliphatic imine (C=N–C) groups is 1. The van der Waals surface area contributed by atoms with E-state index in [1.807, 2.05) is 38.1 Å². The van der Waals surface area contributed by atoms with Gasteiger partial charge in [-0.25, -0.2) is 8.78 Å². The fourth-order valence-electron chi connectivity index (χ4n) is 3.15. The number of benzene rings is 2. The summed E-state index contributed by atoms with van der Waals surface area (Å²) in [6.45, 7) is 11.2. The van der Waals surface area contributed by atoms with Gasteiger partial charge in [0, 0.05) is 36.7 Å². The van der Waals surface area contributed by atoms with E-state index in [0.29, 0.717) is 0 Å². The van der Waals surface area contributed by atoms with Crippen LogP contribution < -0.4 is 16.8 Å². The molecule has 2 aromatic rings. The van der Waals surface area contributed by atoms with Gasteiger partial charge in [-0.15, -0.1) is 0 Å². The molecule has 0 aliphatic rings. The Morgan fingerprint density at radius 3 is 2.21 bits per heavy atom. The molecule has 1 amide bonds. The smallest absolute Gasteiger partial charge is 0.254 e. The van der Waals surface area contributed by atoms with Crippen LogP contribution in [0.1, 0.15) is 56.4 Å². The van der Waals surface area contributed by atoms with Gasteiger partial charge in [-0.2, -0.15) is 5.26 Å². The summed E-state index contributed by atoms with van der Waals surface area (Å²) in [7, 11) is 1.44. The average Bonchev–Trinajstić information content (AvgIpc) is 2.87. The van der Waals surface area contributed by atoms with E-state index in [1.165, 1.54) is 13.5 Å². The van der Waals surface area contributed by atoms with E-state index in [9.17, 15) is 18.8 Å². The topological polar surface area (TPSA) is 127 Å². The van der Waals surface area contributed by atoms with E-state index >= 15 is 0 Å². The lowest BCUT2D eigenvalue weighted by Crippen LogP contribution is -2.31. The summed E-state index contributed by atoms with van der Waals surface area (Å²) in [6, 6.07) is 11.7. The Labute approximate surface area is 223 Å². The molecule has 0 saturated heterocycles. The number of carbonyl (C=O) groups excluding carboxylic acids is 1. The fourth-order valence-corrected chi connectivity index (χ4v) is 3.15. The van der Waals surface area contributed by atoms with Gasteiger partial charge in [0.2, 0.25) is 0 Å². The van der Waals surface area contributed by atoms with Crippen LogP contribution in [-0.2, 0) is 28.0 Å². The zero-order chi connectivity index (χ0) is 28.9. The Balaban J connectivity index is 0.00000229. The molecule has 0 spiro atoms. The maximum absolute atomic E-state index is 14.3. The second kappa shape index (κ2) is 15.3. The Bertz CT molecular complexity index is 1190. The van der Waals surface area contributed by atoms with Crippen molar-refractivity contribution >= 4 is 17.3 Å². The third kappa shape index (κ3) is 9.12. The number of ether oxygens (including phenoxy) is 1. The molecule has 0 heterocycles. The predicted molar refractivity (Wildman–Crippen MR) is 148 cm³/mol.